The van der Waals surface area contributed by atoms with Gasteiger partial charge in [-0.05, 0) is 23.7 Å². The van der Waals surface area contributed by atoms with E-state index in [1.165, 1.54) is 51.4 Å². The lowest BCUT2D eigenvalue weighted by Gasteiger charge is -2.22. The van der Waals surface area contributed by atoms with Crippen LogP contribution in [0, 0.1) is 23.7 Å². The molecule has 2 fully saturated rings. The summed E-state index contributed by atoms with van der Waals surface area (Å²) in [6.45, 7) is 9.47. The fourth-order valence-corrected chi connectivity index (χ4v) is 2.85. The Balaban J connectivity index is 0.000000284. The zero-order valence-corrected chi connectivity index (χ0v) is 12.4. The second kappa shape index (κ2) is 8.94. The Hall–Kier alpha value is -0.0700. The van der Waals surface area contributed by atoms with Crippen LogP contribution in [0.4, 0.5) is 4.70 Å². The quantitative estimate of drug-likeness (QED) is 0.504. The van der Waals surface area contributed by atoms with Crippen molar-refractivity contribution in [1.29, 1.82) is 0 Å². The normalized spacial score (nSPS) is 37.4. The van der Waals surface area contributed by atoms with Crippen molar-refractivity contribution < 1.29 is 4.70 Å². The molecule has 0 N–H and O–H groups in total. The Bertz CT molecular complexity index is 122. The molecule has 0 unspecified atom stereocenters. The van der Waals surface area contributed by atoms with Gasteiger partial charge in [-0.3, -0.25) is 4.70 Å². The van der Waals surface area contributed by atoms with Crippen LogP contribution < -0.4 is 0 Å². The summed E-state index contributed by atoms with van der Waals surface area (Å²) >= 11 is 0. The molecule has 2 saturated carbocycles. The molecule has 0 aromatic carbocycles. The molecule has 0 aromatic heterocycles. The Kier molecular flexibility index (Phi) is 8.90. The number of halogens is 1. The molecule has 0 atom stereocenters. The summed E-state index contributed by atoms with van der Waals surface area (Å²) in [7, 11) is 0. The van der Waals surface area contributed by atoms with E-state index in [9.17, 15) is 0 Å². The third-order valence-electron chi connectivity index (χ3n) is 4.61. The maximum atomic E-state index is 2.37. The van der Waals surface area contributed by atoms with Crippen LogP contribution >= 0.6 is 0 Å². The van der Waals surface area contributed by atoms with Gasteiger partial charge in [-0.1, -0.05) is 79.1 Å². The van der Waals surface area contributed by atoms with Crippen LogP contribution in [0.25, 0.3) is 0 Å². The molecule has 0 aromatic rings. The Morgan fingerprint density at radius 1 is 0.412 bits per heavy atom. The lowest BCUT2D eigenvalue weighted by molar-refractivity contribution is 0.308. The van der Waals surface area contributed by atoms with Gasteiger partial charge < -0.3 is 0 Å². The average molecular weight is 244 g/mol. The molecule has 2 aliphatic carbocycles. The van der Waals surface area contributed by atoms with E-state index in [0.29, 0.717) is 0 Å². The largest absolute Gasteiger partial charge is 0.269 e. The molecule has 0 saturated heterocycles. The van der Waals surface area contributed by atoms with Crippen LogP contribution in [0.5, 0.6) is 0 Å². The molecule has 0 radical (unpaired) electrons. The van der Waals surface area contributed by atoms with E-state index in [4.69, 9.17) is 0 Å². The van der Waals surface area contributed by atoms with Crippen molar-refractivity contribution in [2.24, 2.45) is 23.7 Å². The van der Waals surface area contributed by atoms with Crippen LogP contribution in [-0.4, -0.2) is 0 Å². The third-order valence-corrected chi connectivity index (χ3v) is 4.61. The lowest BCUT2D eigenvalue weighted by Crippen LogP contribution is -2.08. The van der Waals surface area contributed by atoms with Crippen LogP contribution in [0.1, 0.15) is 79.1 Å². The highest BCUT2D eigenvalue weighted by Gasteiger charge is 2.13. The Labute approximate surface area is 108 Å². The summed E-state index contributed by atoms with van der Waals surface area (Å²) in [4.78, 5) is 0. The Morgan fingerprint density at radius 2 is 0.529 bits per heavy atom. The highest BCUT2D eigenvalue weighted by atomic mass is 19.0. The summed E-state index contributed by atoms with van der Waals surface area (Å²) in [6.07, 6.45) is 11.8. The molecule has 0 amide bonds. The minimum Gasteiger partial charge on any atom is -0.269 e. The molecular formula is C16H33F. The predicted octanol–water partition coefficient (Wildman–Crippen LogP) is 5.82. The minimum atomic E-state index is 0. The fourth-order valence-electron chi connectivity index (χ4n) is 2.85. The van der Waals surface area contributed by atoms with E-state index < -0.39 is 0 Å². The van der Waals surface area contributed by atoms with E-state index in [-0.39, 0.29) is 4.70 Å². The zero-order valence-electron chi connectivity index (χ0n) is 12.4. The summed E-state index contributed by atoms with van der Waals surface area (Å²) in [6, 6.07) is 0. The number of hydrogen-bond acceptors (Lipinski definition) is 0. The molecule has 104 valence electrons. The van der Waals surface area contributed by atoms with Gasteiger partial charge >= 0.3 is 0 Å². The van der Waals surface area contributed by atoms with Crippen LogP contribution in [0.15, 0.2) is 0 Å². The van der Waals surface area contributed by atoms with Crippen molar-refractivity contribution in [3.63, 3.8) is 0 Å². The van der Waals surface area contributed by atoms with E-state index in [0.717, 1.165) is 23.7 Å². The highest BCUT2D eigenvalue weighted by molar-refractivity contribution is 4.66. The van der Waals surface area contributed by atoms with Crippen molar-refractivity contribution in [3.8, 4) is 0 Å². The second-order valence-electron chi connectivity index (χ2n) is 6.73. The molecule has 2 aliphatic rings. The zero-order chi connectivity index (χ0) is 12.0. The second-order valence-corrected chi connectivity index (χ2v) is 6.73. The SMILES string of the molecule is CC1CCC(C)CC1.CC1CCC(C)CC1.F. The minimum absolute atomic E-state index is 0. The molecule has 0 heterocycles. The van der Waals surface area contributed by atoms with E-state index in [1.807, 2.05) is 0 Å². The number of hydrogen-bond donors (Lipinski definition) is 0. The van der Waals surface area contributed by atoms with Gasteiger partial charge in [0.05, 0.1) is 0 Å². The summed E-state index contributed by atoms with van der Waals surface area (Å²) < 4.78 is 0. The average Bonchev–Trinajstić information content (AvgIpc) is 2.28. The first-order valence-corrected chi connectivity index (χ1v) is 7.58. The molecule has 0 aliphatic heterocycles. The van der Waals surface area contributed by atoms with Gasteiger partial charge in [-0.15, -0.1) is 0 Å². The maximum Gasteiger partial charge on any atom is -0.0443 e. The fraction of sp³-hybridized carbons (Fsp3) is 1.00. The Morgan fingerprint density at radius 3 is 0.647 bits per heavy atom. The van der Waals surface area contributed by atoms with Gasteiger partial charge in [0.25, 0.3) is 0 Å². The van der Waals surface area contributed by atoms with Crippen molar-refractivity contribution in [1.82, 2.24) is 0 Å². The smallest absolute Gasteiger partial charge is 0.0443 e. The van der Waals surface area contributed by atoms with Crippen molar-refractivity contribution in [2.75, 3.05) is 0 Å². The van der Waals surface area contributed by atoms with Gasteiger partial charge in [0.1, 0.15) is 0 Å². The van der Waals surface area contributed by atoms with E-state index >= 15 is 0 Å². The maximum absolute atomic E-state index is 2.37. The van der Waals surface area contributed by atoms with E-state index in [2.05, 4.69) is 27.7 Å². The van der Waals surface area contributed by atoms with Crippen LogP contribution in [0.3, 0.4) is 0 Å². The lowest BCUT2D eigenvalue weighted by atomic mass is 9.84. The van der Waals surface area contributed by atoms with Gasteiger partial charge in [-0.2, -0.15) is 0 Å². The van der Waals surface area contributed by atoms with Gasteiger partial charge in [-0.25, -0.2) is 0 Å². The molecule has 2 rings (SSSR count). The summed E-state index contributed by atoms with van der Waals surface area (Å²) in [5.74, 6) is 4.08. The first-order valence-electron chi connectivity index (χ1n) is 7.58. The standard InChI is InChI=1S/2C8H16.FH/c2*1-7-3-5-8(2)6-4-7;/h2*7-8H,3-6H2,1-2H3;1H. The van der Waals surface area contributed by atoms with Crippen molar-refractivity contribution in [2.45, 2.75) is 79.1 Å². The molecule has 0 nitrogen and oxygen atoms in total. The summed E-state index contributed by atoms with van der Waals surface area (Å²) in [5.41, 5.74) is 0. The molecule has 17 heavy (non-hydrogen) atoms. The van der Waals surface area contributed by atoms with Crippen molar-refractivity contribution >= 4 is 0 Å². The first-order chi connectivity index (χ1) is 7.58. The molecular weight excluding hydrogens is 211 g/mol. The van der Waals surface area contributed by atoms with Crippen LogP contribution in [-0.2, 0) is 0 Å². The topological polar surface area (TPSA) is 0 Å². The number of rotatable bonds is 0. The molecule has 0 spiro atoms. The van der Waals surface area contributed by atoms with Gasteiger partial charge in [0.15, 0.2) is 0 Å². The van der Waals surface area contributed by atoms with Gasteiger partial charge in [0, 0.05) is 0 Å². The predicted molar refractivity (Wildman–Crippen MR) is 76.1 cm³/mol. The highest BCUT2D eigenvalue weighted by Crippen LogP contribution is 2.27. The first kappa shape index (κ1) is 16.9. The van der Waals surface area contributed by atoms with Crippen LogP contribution in [0.2, 0.25) is 0 Å². The van der Waals surface area contributed by atoms with E-state index in [1.54, 1.807) is 0 Å². The molecule has 1 heteroatoms. The third kappa shape index (κ3) is 7.78. The van der Waals surface area contributed by atoms with Gasteiger partial charge in [0.2, 0.25) is 0 Å². The monoisotopic (exact) mass is 244 g/mol. The summed E-state index contributed by atoms with van der Waals surface area (Å²) in [5, 5.41) is 0. The molecule has 0 bridgehead atoms. The van der Waals surface area contributed by atoms with Crippen molar-refractivity contribution in [3.05, 3.63) is 0 Å².